The lowest BCUT2D eigenvalue weighted by Crippen LogP contribution is -2.40. The molecule has 0 aliphatic carbocycles. The number of carbonyl (C=O) groups excluding carboxylic acids is 1. The molecule has 152 valence electrons. The number of fused-ring (bicyclic) bond motifs is 1. The van der Waals surface area contributed by atoms with E-state index in [0.29, 0.717) is 12.2 Å². The molecule has 4 heterocycles. The fourth-order valence-electron chi connectivity index (χ4n) is 4.03. The van der Waals surface area contributed by atoms with Gasteiger partial charge in [-0.05, 0) is 48.7 Å². The van der Waals surface area contributed by atoms with Gasteiger partial charge in [0.25, 0.3) is 5.91 Å². The van der Waals surface area contributed by atoms with Crippen molar-refractivity contribution in [3.63, 3.8) is 0 Å². The fraction of sp³-hybridized carbons (Fsp3) is 0.273. The predicted octanol–water partition coefficient (Wildman–Crippen LogP) is 3.29. The van der Waals surface area contributed by atoms with Crippen molar-refractivity contribution in [3.05, 3.63) is 72.2 Å². The Morgan fingerprint density at radius 2 is 2.07 bits per heavy atom. The first-order chi connectivity index (χ1) is 14.6. The number of aromatic nitrogens is 5. The molecule has 0 saturated carbocycles. The lowest BCUT2D eigenvalue weighted by atomic mass is 9.97. The number of amides is 1. The van der Waals surface area contributed by atoms with Gasteiger partial charge < -0.3 is 4.90 Å². The van der Waals surface area contributed by atoms with E-state index in [2.05, 4.69) is 15.2 Å². The van der Waals surface area contributed by atoms with Crippen molar-refractivity contribution >= 4 is 11.6 Å². The monoisotopic (exact) mass is 404 g/mol. The Balaban J connectivity index is 1.40. The summed E-state index contributed by atoms with van der Waals surface area (Å²) in [5, 5.41) is 8.77. The molecule has 1 saturated heterocycles. The highest BCUT2D eigenvalue weighted by atomic mass is 19.1. The largest absolute Gasteiger partial charge is 0.337 e. The third kappa shape index (κ3) is 3.34. The first kappa shape index (κ1) is 18.5. The summed E-state index contributed by atoms with van der Waals surface area (Å²) in [5.74, 6) is 0.520. The van der Waals surface area contributed by atoms with Crippen LogP contribution in [0.5, 0.6) is 0 Å². The summed E-state index contributed by atoms with van der Waals surface area (Å²) in [5.41, 5.74) is 2.98. The maximum atomic E-state index is 13.6. The maximum absolute atomic E-state index is 13.6. The molecule has 0 unspecified atom stereocenters. The van der Waals surface area contributed by atoms with Crippen LogP contribution < -0.4 is 0 Å². The van der Waals surface area contributed by atoms with Crippen LogP contribution in [-0.2, 0) is 7.05 Å². The predicted molar refractivity (Wildman–Crippen MR) is 109 cm³/mol. The van der Waals surface area contributed by atoms with Crippen LogP contribution in [0.2, 0.25) is 0 Å². The van der Waals surface area contributed by atoms with Gasteiger partial charge in [0.2, 0.25) is 0 Å². The lowest BCUT2D eigenvalue weighted by Gasteiger charge is -2.31. The number of carbonyl (C=O) groups is 1. The summed E-state index contributed by atoms with van der Waals surface area (Å²) in [6.45, 7) is 1.30. The molecular formula is C22H21FN6O. The zero-order valence-corrected chi connectivity index (χ0v) is 16.6. The minimum atomic E-state index is -0.271. The standard InChI is InChI=1S/C22H21FN6O/c1-27-19(9-10-24-27)22(30)28-11-3-5-17(13-28)21-25-20-8-7-16(14-29(20)26-21)15-4-2-6-18(23)12-15/h2,4,6-10,12,14,17H,3,5,11,13H2,1H3/t17-/m0/s1. The van der Waals surface area contributed by atoms with Gasteiger partial charge >= 0.3 is 0 Å². The van der Waals surface area contributed by atoms with Gasteiger partial charge in [0.15, 0.2) is 11.5 Å². The van der Waals surface area contributed by atoms with Crippen LogP contribution in [0.25, 0.3) is 16.8 Å². The number of rotatable bonds is 3. The number of aryl methyl sites for hydroxylation is 1. The highest BCUT2D eigenvalue weighted by Crippen LogP contribution is 2.27. The van der Waals surface area contributed by atoms with Crippen LogP contribution >= 0.6 is 0 Å². The second kappa shape index (κ2) is 7.37. The molecule has 1 aliphatic heterocycles. The summed E-state index contributed by atoms with van der Waals surface area (Å²) < 4.78 is 16.9. The van der Waals surface area contributed by atoms with Gasteiger partial charge in [-0.3, -0.25) is 9.48 Å². The van der Waals surface area contributed by atoms with Crippen LogP contribution in [-0.4, -0.2) is 48.3 Å². The topological polar surface area (TPSA) is 68.3 Å². The van der Waals surface area contributed by atoms with Crippen LogP contribution in [0.4, 0.5) is 4.39 Å². The minimum absolute atomic E-state index is 0.0168. The summed E-state index contributed by atoms with van der Waals surface area (Å²) in [6.07, 6.45) is 5.33. The van der Waals surface area contributed by atoms with Crippen LogP contribution in [0.1, 0.15) is 35.1 Å². The van der Waals surface area contributed by atoms with E-state index in [0.717, 1.165) is 42.0 Å². The zero-order chi connectivity index (χ0) is 20.7. The molecule has 4 aromatic rings. The van der Waals surface area contributed by atoms with E-state index >= 15 is 0 Å². The van der Waals surface area contributed by atoms with Gasteiger partial charge in [0.1, 0.15) is 11.5 Å². The second-order valence-electron chi connectivity index (χ2n) is 7.63. The Morgan fingerprint density at radius 1 is 1.17 bits per heavy atom. The molecular weight excluding hydrogens is 383 g/mol. The SMILES string of the molecule is Cn1nccc1C(=O)N1CCC[C@H](c2nc3ccc(-c4cccc(F)c4)cn3n2)C1. The third-order valence-corrected chi connectivity index (χ3v) is 5.62. The van der Waals surface area contributed by atoms with Crippen LogP contribution in [0, 0.1) is 5.82 Å². The van der Waals surface area contributed by atoms with Crippen molar-refractivity contribution in [1.82, 2.24) is 29.3 Å². The maximum Gasteiger partial charge on any atom is 0.272 e. The van der Waals surface area contributed by atoms with Crippen LogP contribution in [0.15, 0.2) is 54.9 Å². The summed E-state index contributed by atoms with van der Waals surface area (Å²) in [6, 6.07) is 12.0. The third-order valence-electron chi connectivity index (χ3n) is 5.62. The van der Waals surface area contributed by atoms with E-state index < -0.39 is 0 Å². The highest BCUT2D eigenvalue weighted by Gasteiger charge is 2.29. The zero-order valence-electron chi connectivity index (χ0n) is 16.6. The number of likely N-dealkylation sites (tertiary alicyclic amines) is 1. The minimum Gasteiger partial charge on any atom is -0.337 e. The molecule has 0 N–H and O–H groups in total. The molecule has 8 heteroatoms. The molecule has 0 spiro atoms. The molecule has 1 atom stereocenters. The summed E-state index contributed by atoms with van der Waals surface area (Å²) >= 11 is 0. The molecule has 1 aliphatic rings. The Labute approximate surface area is 172 Å². The number of hydrogen-bond acceptors (Lipinski definition) is 4. The van der Waals surface area contributed by atoms with E-state index in [9.17, 15) is 9.18 Å². The fourth-order valence-corrected chi connectivity index (χ4v) is 4.03. The van der Waals surface area contributed by atoms with Gasteiger partial charge in [-0.2, -0.15) is 10.2 Å². The van der Waals surface area contributed by atoms with E-state index in [1.54, 1.807) is 34.6 Å². The Morgan fingerprint density at radius 3 is 2.87 bits per heavy atom. The number of halogens is 1. The van der Waals surface area contributed by atoms with Crippen molar-refractivity contribution in [2.75, 3.05) is 13.1 Å². The number of benzene rings is 1. The first-order valence-corrected chi connectivity index (χ1v) is 9.98. The highest BCUT2D eigenvalue weighted by molar-refractivity contribution is 5.92. The molecule has 30 heavy (non-hydrogen) atoms. The number of piperidine rings is 1. The van der Waals surface area contributed by atoms with Gasteiger partial charge in [-0.15, -0.1) is 0 Å². The first-order valence-electron chi connectivity index (χ1n) is 9.98. The average molecular weight is 404 g/mol. The molecule has 3 aromatic heterocycles. The summed E-state index contributed by atoms with van der Waals surface area (Å²) in [7, 11) is 1.77. The number of hydrogen-bond donors (Lipinski definition) is 0. The second-order valence-corrected chi connectivity index (χ2v) is 7.63. The van der Waals surface area contributed by atoms with E-state index in [4.69, 9.17) is 0 Å². The normalized spacial score (nSPS) is 16.9. The van der Waals surface area contributed by atoms with Crippen molar-refractivity contribution in [3.8, 4) is 11.1 Å². The smallest absolute Gasteiger partial charge is 0.272 e. The van der Waals surface area contributed by atoms with Gasteiger partial charge in [-0.25, -0.2) is 13.9 Å². The van der Waals surface area contributed by atoms with E-state index in [-0.39, 0.29) is 17.6 Å². The van der Waals surface area contributed by atoms with Gasteiger partial charge in [0.05, 0.1) is 0 Å². The van der Waals surface area contributed by atoms with Crippen molar-refractivity contribution in [2.45, 2.75) is 18.8 Å². The quantitative estimate of drug-likeness (QED) is 0.526. The van der Waals surface area contributed by atoms with Crippen molar-refractivity contribution in [2.24, 2.45) is 7.05 Å². The molecule has 0 bridgehead atoms. The van der Waals surface area contributed by atoms with Crippen molar-refractivity contribution < 1.29 is 9.18 Å². The average Bonchev–Trinajstić information content (AvgIpc) is 3.39. The Hall–Kier alpha value is -3.55. The molecule has 0 radical (unpaired) electrons. The van der Waals surface area contributed by atoms with E-state index in [1.807, 2.05) is 29.3 Å². The Kier molecular flexibility index (Phi) is 4.54. The molecule has 5 rings (SSSR count). The summed E-state index contributed by atoms with van der Waals surface area (Å²) in [4.78, 5) is 19.4. The van der Waals surface area contributed by atoms with Gasteiger partial charge in [-0.1, -0.05) is 12.1 Å². The van der Waals surface area contributed by atoms with Gasteiger partial charge in [0, 0.05) is 44.0 Å². The molecule has 1 amide bonds. The number of pyridine rings is 1. The molecule has 7 nitrogen and oxygen atoms in total. The van der Waals surface area contributed by atoms with Crippen molar-refractivity contribution in [1.29, 1.82) is 0 Å². The van der Waals surface area contributed by atoms with Crippen LogP contribution in [0.3, 0.4) is 0 Å². The molecule has 1 fully saturated rings. The lowest BCUT2D eigenvalue weighted by molar-refractivity contribution is 0.0693. The van der Waals surface area contributed by atoms with E-state index in [1.165, 1.54) is 12.1 Å². The molecule has 1 aromatic carbocycles. The Bertz CT molecular complexity index is 1230. The number of nitrogens with zero attached hydrogens (tertiary/aromatic N) is 6.